The maximum Gasteiger partial charge on any atom is 0.126 e. The van der Waals surface area contributed by atoms with Gasteiger partial charge in [-0.1, -0.05) is 0 Å². The molecule has 0 aliphatic carbocycles. The van der Waals surface area contributed by atoms with Crippen LogP contribution in [0.25, 0.3) is 22.2 Å². The third-order valence-corrected chi connectivity index (χ3v) is 5.92. The van der Waals surface area contributed by atoms with Gasteiger partial charge in [-0.25, -0.2) is 19.3 Å². The first-order chi connectivity index (χ1) is 14.3. The summed E-state index contributed by atoms with van der Waals surface area (Å²) in [5.74, 6) is -0.225. The Hall–Kier alpha value is -2.90. The molecule has 2 aromatic heterocycles. The van der Waals surface area contributed by atoms with Gasteiger partial charge in [-0.05, 0) is 42.0 Å². The Balaban J connectivity index is 1.53. The summed E-state index contributed by atoms with van der Waals surface area (Å²) in [6, 6.07) is 11.4. The highest BCUT2D eigenvalue weighted by Crippen LogP contribution is 2.30. The van der Waals surface area contributed by atoms with Gasteiger partial charge in [0.05, 0.1) is 29.4 Å². The minimum Gasteiger partial charge on any atom is -0.378 e. The van der Waals surface area contributed by atoms with Crippen LogP contribution in [-0.2, 0) is 11.2 Å². The molecule has 4 aromatic rings. The van der Waals surface area contributed by atoms with E-state index in [-0.39, 0.29) is 5.82 Å². The lowest BCUT2D eigenvalue weighted by molar-refractivity contribution is 0.122. The highest BCUT2D eigenvalue weighted by atomic mass is 32.1. The molecule has 0 spiro atoms. The van der Waals surface area contributed by atoms with Crippen molar-refractivity contribution in [3.8, 4) is 11.3 Å². The predicted octanol–water partition coefficient (Wildman–Crippen LogP) is 4.32. The smallest absolute Gasteiger partial charge is 0.126 e. The first kappa shape index (κ1) is 18.1. The third kappa shape index (κ3) is 3.71. The van der Waals surface area contributed by atoms with Crippen molar-refractivity contribution in [2.24, 2.45) is 0 Å². The normalized spacial score (nSPS) is 14.4. The molecule has 1 saturated heterocycles. The van der Waals surface area contributed by atoms with Crippen molar-refractivity contribution in [2.75, 3.05) is 31.2 Å². The molecular formula is C22H19FN4OS. The van der Waals surface area contributed by atoms with Gasteiger partial charge >= 0.3 is 0 Å². The van der Waals surface area contributed by atoms with Crippen LogP contribution in [0.4, 0.5) is 10.1 Å². The SMILES string of the molecule is Fc1ccc(-c2ncnc3cc(N4CCOCC4)ccc23)cc1Cc1nccs1. The van der Waals surface area contributed by atoms with Gasteiger partial charge in [0, 0.05) is 47.7 Å². The molecule has 1 aliphatic heterocycles. The van der Waals surface area contributed by atoms with Crippen LogP contribution in [0.3, 0.4) is 0 Å². The molecule has 0 radical (unpaired) electrons. The monoisotopic (exact) mass is 406 g/mol. The number of fused-ring (bicyclic) bond motifs is 1. The number of halogens is 1. The van der Waals surface area contributed by atoms with Crippen molar-refractivity contribution in [3.05, 3.63) is 70.7 Å². The Kier molecular flexibility index (Phi) is 4.91. The van der Waals surface area contributed by atoms with Gasteiger partial charge < -0.3 is 9.64 Å². The Morgan fingerprint density at radius 1 is 1.03 bits per heavy atom. The van der Waals surface area contributed by atoms with E-state index in [1.54, 1.807) is 18.6 Å². The summed E-state index contributed by atoms with van der Waals surface area (Å²) in [6.07, 6.45) is 3.79. The molecule has 5 rings (SSSR count). The van der Waals surface area contributed by atoms with Crippen LogP contribution < -0.4 is 4.90 Å². The first-order valence-electron chi connectivity index (χ1n) is 9.52. The van der Waals surface area contributed by atoms with E-state index in [2.05, 4.69) is 38.1 Å². The summed E-state index contributed by atoms with van der Waals surface area (Å²) in [6.45, 7) is 3.23. The Labute approximate surface area is 171 Å². The zero-order chi connectivity index (χ0) is 19.6. The van der Waals surface area contributed by atoms with Crippen molar-refractivity contribution in [1.29, 1.82) is 0 Å². The van der Waals surface area contributed by atoms with Crippen LogP contribution >= 0.6 is 11.3 Å². The fourth-order valence-electron chi connectivity index (χ4n) is 3.65. The average Bonchev–Trinajstić information content (AvgIpc) is 3.28. The summed E-state index contributed by atoms with van der Waals surface area (Å²) in [5.41, 5.74) is 4.32. The molecule has 0 atom stereocenters. The lowest BCUT2D eigenvalue weighted by Crippen LogP contribution is -2.36. The third-order valence-electron chi connectivity index (χ3n) is 5.14. The zero-order valence-corrected chi connectivity index (χ0v) is 16.5. The zero-order valence-electron chi connectivity index (χ0n) is 15.7. The van der Waals surface area contributed by atoms with E-state index in [0.29, 0.717) is 12.0 Å². The van der Waals surface area contributed by atoms with Gasteiger partial charge in [-0.15, -0.1) is 11.3 Å². The van der Waals surface area contributed by atoms with Crippen molar-refractivity contribution in [2.45, 2.75) is 6.42 Å². The topological polar surface area (TPSA) is 51.1 Å². The lowest BCUT2D eigenvalue weighted by atomic mass is 10.0. The van der Waals surface area contributed by atoms with E-state index in [1.807, 2.05) is 11.4 Å². The molecule has 1 fully saturated rings. The minimum atomic E-state index is -0.225. The van der Waals surface area contributed by atoms with Crippen LogP contribution in [0, 0.1) is 5.82 Å². The molecule has 0 bridgehead atoms. The lowest BCUT2D eigenvalue weighted by Gasteiger charge is -2.29. The first-order valence-corrected chi connectivity index (χ1v) is 10.4. The second kappa shape index (κ2) is 7.85. The molecule has 1 aliphatic rings. The summed E-state index contributed by atoms with van der Waals surface area (Å²) >= 11 is 1.53. The molecule has 0 saturated carbocycles. The molecule has 3 heterocycles. The van der Waals surface area contributed by atoms with E-state index in [0.717, 1.165) is 59.2 Å². The molecule has 0 N–H and O–H groups in total. The van der Waals surface area contributed by atoms with Crippen LogP contribution in [0.2, 0.25) is 0 Å². The molecule has 7 heteroatoms. The molecule has 29 heavy (non-hydrogen) atoms. The number of morpholine rings is 1. The summed E-state index contributed by atoms with van der Waals surface area (Å²) in [7, 11) is 0. The molecule has 5 nitrogen and oxygen atoms in total. The summed E-state index contributed by atoms with van der Waals surface area (Å²) in [4.78, 5) is 15.6. The second-order valence-electron chi connectivity index (χ2n) is 6.93. The number of hydrogen-bond donors (Lipinski definition) is 0. The van der Waals surface area contributed by atoms with E-state index in [4.69, 9.17) is 4.74 Å². The van der Waals surface area contributed by atoms with Crippen LogP contribution in [0.15, 0.2) is 54.3 Å². The van der Waals surface area contributed by atoms with Crippen molar-refractivity contribution in [3.63, 3.8) is 0 Å². The highest BCUT2D eigenvalue weighted by molar-refractivity contribution is 7.09. The minimum absolute atomic E-state index is 0.225. The van der Waals surface area contributed by atoms with Crippen LogP contribution in [0.5, 0.6) is 0 Å². The molecule has 146 valence electrons. The number of anilines is 1. The number of benzene rings is 2. The van der Waals surface area contributed by atoms with E-state index in [1.165, 1.54) is 17.4 Å². The summed E-state index contributed by atoms with van der Waals surface area (Å²) in [5, 5.41) is 3.75. The maximum atomic E-state index is 14.4. The number of hydrogen-bond acceptors (Lipinski definition) is 6. The largest absolute Gasteiger partial charge is 0.378 e. The van der Waals surface area contributed by atoms with Crippen molar-refractivity contribution >= 4 is 27.9 Å². The van der Waals surface area contributed by atoms with Gasteiger partial charge in [0.2, 0.25) is 0 Å². The highest BCUT2D eigenvalue weighted by Gasteiger charge is 2.15. The number of aromatic nitrogens is 3. The fourth-order valence-corrected chi connectivity index (χ4v) is 4.29. The molecular weight excluding hydrogens is 387 g/mol. The Morgan fingerprint density at radius 3 is 2.76 bits per heavy atom. The Morgan fingerprint density at radius 2 is 1.93 bits per heavy atom. The quantitative estimate of drug-likeness (QED) is 0.505. The number of rotatable bonds is 4. The standard InChI is InChI=1S/C22H19FN4OS/c23-19-4-1-15(11-16(19)12-21-24-5-10-29-21)22-18-3-2-17(13-20(18)25-14-26-22)27-6-8-28-9-7-27/h1-5,10-11,13-14H,6-9,12H2. The number of nitrogens with zero attached hydrogens (tertiary/aromatic N) is 4. The van der Waals surface area contributed by atoms with Gasteiger partial charge in [-0.3, -0.25) is 0 Å². The van der Waals surface area contributed by atoms with Crippen molar-refractivity contribution in [1.82, 2.24) is 15.0 Å². The number of ether oxygens (including phenoxy) is 1. The van der Waals surface area contributed by atoms with E-state index in [9.17, 15) is 4.39 Å². The van der Waals surface area contributed by atoms with E-state index < -0.39 is 0 Å². The Bertz CT molecular complexity index is 1140. The molecule has 0 unspecified atom stereocenters. The van der Waals surface area contributed by atoms with Crippen molar-refractivity contribution < 1.29 is 9.13 Å². The molecule has 2 aromatic carbocycles. The predicted molar refractivity (Wildman–Crippen MR) is 113 cm³/mol. The summed E-state index contributed by atoms with van der Waals surface area (Å²) < 4.78 is 19.8. The second-order valence-corrected chi connectivity index (χ2v) is 7.91. The van der Waals surface area contributed by atoms with Gasteiger partial charge in [-0.2, -0.15) is 0 Å². The van der Waals surface area contributed by atoms with Crippen LogP contribution in [0.1, 0.15) is 10.6 Å². The van der Waals surface area contributed by atoms with Gasteiger partial charge in [0.15, 0.2) is 0 Å². The van der Waals surface area contributed by atoms with Gasteiger partial charge in [0.25, 0.3) is 0 Å². The van der Waals surface area contributed by atoms with E-state index >= 15 is 0 Å². The van der Waals surface area contributed by atoms with Crippen LogP contribution in [-0.4, -0.2) is 41.3 Å². The average molecular weight is 406 g/mol. The van der Waals surface area contributed by atoms with Gasteiger partial charge in [0.1, 0.15) is 12.1 Å². The number of thiazole rings is 1. The fraction of sp³-hybridized carbons (Fsp3) is 0.227. The maximum absolute atomic E-state index is 14.4. The molecule has 0 amide bonds.